The van der Waals surface area contributed by atoms with Crippen molar-refractivity contribution < 1.29 is 19.7 Å². The van der Waals surface area contributed by atoms with Gasteiger partial charge in [-0.1, -0.05) is 18.2 Å². The number of hydrogen-bond acceptors (Lipinski definition) is 10. The van der Waals surface area contributed by atoms with Crippen molar-refractivity contribution in [1.82, 2.24) is 29.8 Å². The van der Waals surface area contributed by atoms with Crippen molar-refractivity contribution in [1.29, 1.82) is 0 Å². The summed E-state index contributed by atoms with van der Waals surface area (Å²) in [6.45, 7) is 0.439. The standard InChI is InChI=1S/C21H20ClN7O4S/c1-23-18(32)15-13(30)14(31)20(33-15)29-9-26-12-16(27-21(22)28-17(12)29)25-8-10-3-2-4-11(7-10)19-24-5-6-34-19/h2-7,9,13-15,20,30-31H,8H2,1H3,(H,23,32)(H,25,27,28)/t13-,14+,15-,20+/m0/s1. The van der Waals surface area contributed by atoms with E-state index in [0.29, 0.717) is 17.9 Å². The second kappa shape index (κ2) is 9.24. The molecular formula is C21H20ClN7O4S. The highest BCUT2D eigenvalue weighted by Gasteiger charge is 2.47. The van der Waals surface area contributed by atoms with Crippen LogP contribution in [0.3, 0.4) is 0 Å². The fourth-order valence-electron chi connectivity index (χ4n) is 3.81. The average Bonchev–Trinajstić information content (AvgIpc) is 3.58. The molecule has 4 atom stereocenters. The van der Waals surface area contributed by atoms with Crippen LogP contribution in [0.2, 0.25) is 5.28 Å². The second-order valence-electron chi connectivity index (χ2n) is 7.60. The van der Waals surface area contributed by atoms with Crippen LogP contribution in [0.1, 0.15) is 11.8 Å². The zero-order valence-electron chi connectivity index (χ0n) is 17.8. The number of imidazole rings is 1. The van der Waals surface area contributed by atoms with Crippen LogP contribution in [0.25, 0.3) is 21.7 Å². The molecule has 0 aliphatic carbocycles. The summed E-state index contributed by atoms with van der Waals surface area (Å²) in [5.74, 6) is -0.155. The molecule has 1 aliphatic rings. The summed E-state index contributed by atoms with van der Waals surface area (Å²) in [5.41, 5.74) is 2.70. The third-order valence-corrected chi connectivity index (χ3v) is 6.47. The predicted octanol–water partition coefficient (Wildman–Crippen LogP) is 1.58. The molecule has 176 valence electrons. The zero-order chi connectivity index (χ0) is 23.8. The quantitative estimate of drug-likeness (QED) is 0.289. The molecule has 0 spiro atoms. The van der Waals surface area contributed by atoms with E-state index in [1.165, 1.54) is 17.9 Å². The van der Waals surface area contributed by atoms with E-state index in [1.807, 2.05) is 29.6 Å². The number of benzene rings is 1. The lowest BCUT2D eigenvalue weighted by Crippen LogP contribution is -2.41. The zero-order valence-corrected chi connectivity index (χ0v) is 19.4. The fraction of sp³-hybridized carbons (Fsp3) is 0.286. The third kappa shape index (κ3) is 4.10. The van der Waals surface area contributed by atoms with Gasteiger partial charge in [-0.15, -0.1) is 11.3 Å². The van der Waals surface area contributed by atoms with E-state index in [0.717, 1.165) is 16.1 Å². The number of thiazole rings is 1. The first kappa shape index (κ1) is 22.6. The molecule has 13 heteroatoms. The van der Waals surface area contributed by atoms with Crippen LogP contribution < -0.4 is 10.6 Å². The van der Waals surface area contributed by atoms with E-state index in [4.69, 9.17) is 16.3 Å². The summed E-state index contributed by atoms with van der Waals surface area (Å²) >= 11 is 7.74. The third-order valence-electron chi connectivity index (χ3n) is 5.48. The van der Waals surface area contributed by atoms with Crippen molar-refractivity contribution in [3.63, 3.8) is 0 Å². The highest BCUT2D eigenvalue weighted by molar-refractivity contribution is 7.13. The number of aromatic nitrogens is 5. The molecule has 4 N–H and O–H groups in total. The van der Waals surface area contributed by atoms with Crippen molar-refractivity contribution in [2.45, 2.75) is 31.1 Å². The van der Waals surface area contributed by atoms with Crippen molar-refractivity contribution in [3.8, 4) is 10.6 Å². The van der Waals surface area contributed by atoms with Gasteiger partial charge in [-0.05, 0) is 23.2 Å². The number of fused-ring (bicyclic) bond motifs is 1. The smallest absolute Gasteiger partial charge is 0.251 e. The number of nitrogens with zero attached hydrogens (tertiary/aromatic N) is 5. The SMILES string of the molecule is CNC(=O)[C@H]1O[C@@H](n2cnc3c(NCc4cccc(-c5nccs5)c4)nc(Cl)nc32)[C@H](O)[C@@H]1O. The Balaban J connectivity index is 1.41. The maximum Gasteiger partial charge on any atom is 0.251 e. The van der Waals surface area contributed by atoms with Gasteiger partial charge in [-0.2, -0.15) is 9.97 Å². The predicted molar refractivity (Wildman–Crippen MR) is 125 cm³/mol. The monoisotopic (exact) mass is 501 g/mol. The van der Waals surface area contributed by atoms with Crippen LogP contribution >= 0.6 is 22.9 Å². The van der Waals surface area contributed by atoms with Gasteiger partial charge >= 0.3 is 0 Å². The summed E-state index contributed by atoms with van der Waals surface area (Å²) in [6.07, 6.45) is -1.95. The maximum absolute atomic E-state index is 12.0. The highest BCUT2D eigenvalue weighted by Crippen LogP contribution is 2.33. The van der Waals surface area contributed by atoms with Crippen molar-refractivity contribution in [2.75, 3.05) is 12.4 Å². The van der Waals surface area contributed by atoms with Crippen LogP contribution in [0.15, 0.2) is 42.2 Å². The van der Waals surface area contributed by atoms with Crippen molar-refractivity contribution in [2.24, 2.45) is 0 Å². The van der Waals surface area contributed by atoms with E-state index in [9.17, 15) is 15.0 Å². The van der Waals surface area contributed by atoms with Gasteiger partial charge in [0, 0.05) is 30.7 Å². The maximum atomic E-state index is 12.0. The van der Waals surface area contributed by atoms with Gasteiger partial charge in [0.25, 0.3) is 5.91 Å². The minimum atomic E-state index is -1.41. The van der Waals surface area contributed by atoms with Gasteiger partial charge in [-0.25, -0.2) is 9.97 Å². The number of aliphatic hydroxyl groups is 2. The summed E-state index contributed by atoms with van der Waals surface area (Å²) in [4.78, 5) is 29.2. The van der Waals surface area contributed by atoms with Crippen LogP contribution in [-0.2, 0) is 16.1 Å². The number of likely N-dealkylation sites (N-methyl/N-ethyl adjacent to an activating group) is 1. The number of aliphatic hydroxyl groups excluding tert-OH is 2. The van der Waals surface area contributed by atoms with Gasteiger partial charge < -0.3 is 25.6 Å². The molecule has 3 aromatic heterocycles. The number of rotatable bonds is 6. The van der Waals surface area contributed by atoms with Gasteiger partial charge in [0.1, 0.15) is 17.2 Å². The van der Waals surface area contributed by atoms with Crippen LogP contribution in [-0.4, -0.2) is 66.0 Å². The average molecular weight is 502 g/mol. The molecule has 0 unspecified atom stereocenters. The van der Waals surface area contributed by atoms with Crippen LogP contribution in [0.4, 0.5) is 5.82 Å². The number of carbonyl (C=O) groups is 1. The van der Waals surface area contributed by atoms with Crippen LogP contribution in [0, 0.1) is 0 Å². The van der Waals surface area contributed by atoms with Crippen LogP contribution in [0.5, 0.6) is 0 Å². The normalized spacial score (nSPS) is 22.2. The number of amides is 1. The number of ether oxygens (including phenoxy) is 1. The number of halogens is 1. The Labute approximate surface area is 202 Å². The molecule has 0 radical (unpaired) electrons. The van der Waals surface area contributed by atoms with Gasteiger partial charge in [0.15, 0.2) is 29.3 Å². The molecular weight excluding hydrogens is 482 g/mol. The summed E-state index contributed by atoms with van der Waals surface area (Å²) in [7, 11) is 1.42. The molecule has 11 nitrogen and oxygen atoms in total. The first-order valence-electron chi connectivity index (χ1n) is 10.3. The Morgan fingerprint density at radius 2 is 2.12 bits per heavy atom. The molecule has 1 amide bonds. The molecule has 1 aliphatic heterocycles. The molecule has 1 aromatic carbocycles. The minimum Gasteiger partial charge on any atom is -0.387 e. The molecule has 0 bridgehead atoms. The number of anilines is 1. The summed E-state index contributed by atoms with van der Waals surface area (Å²) < 4.78 is 7.06. The minimum absolute atomic E-state index is 0.0378. The van der Waals surface area contributed by atoms with Gasteiger partial charge in [0.05, 0.1) is 6.33 Å². The molecule has 5 rings (SSSR count). The molecule has 1 saturated heterocycles. The number of carbonyl (C=O) groups excluding carboxylic acids is 1. The summed E-state index contributed by atoms with van der Waals surface area (Å²) in [6, 6.07) is 7.97. The Kier molecular flexibility index (Phi) is 6.15. The first-order chi connectivity index (χ1) is 16.5. The largest absolute Gasteiger partial charge is 0.387 e. The molecule has 1 fully saturated rings. The lowest BCUT2D eigenvalue weighted by Gasteiger charge is -2.16. The Morgan fingerprint density at radius 3 is 2.88 bits per heavy atom. The highest BCUT2D eigenvalue weighted by atomic mass is 35.5. The Hall–Kier alpha value is -3.16. The second-order valence-corrected chi connectivity index (χ2v) is 8.83. The van der Waals surface area contributed by atoms with Gasteiger partial charge in [0.2, 0.25) is 5.28 Å². The number of nitrogens with one attached hydrogen (secondary N) is 2. The van der Waals surface area contributed by atoms with Crippen molar-refractivity contribution >= 4 is 45.8 Å². The summed E-state index contributed by atoms with van der Waals surface area (Å²) in [5, 5.41) is 29.2. The molecule has 4 heterocycles. The Bertz CT molecular complexity index is 1330. The molecule has 0 saturated carbocycles. The Morgan fingerprint density at radius 1 is 1.26 bits per heavy atom. The molecule has 34 heavy (non-hydrogen) atoms. The lowest BCUT2D eigenvalue weighted by molar-refractivity contribution is -0.137. The first-order valence-corrected chi connectivity index (χ1v) is 11.6. The number of hydrogen-bond donors (Lipinski definition) is 4. The van der Waals surface area contributed by atoms with Crippen molar-refractivity contribution in [3.05, 3.63) is 53.0 Å². The van der Waals surface area contributed by atoms with E-state index in [-0.39, 0.29) is 10.9 Å². The van der Waals surface area contributed by atoms with E-state index in [2.05, 4.69) is 30.6 Å². The van der Waals surface area contributed by atoms with E-state index >= 15 is 0 Å². The lowest BCUT2D eigenvalue weighted by atomic mass is 10.1. The topological polar surface area (TPSA) is 147 Å². The molecule has 4 aromatic rings. The fourth-order valence-corrected chi connectivity index (χ4v) is 4.61. The van der Waals surface area contributed by atoms with Gasteiger partial charge in [-0.3, -0.25) is 9.36 Å². The van der Waals surface area contributed by atoms with E-state index < -0.39 is 30.4 Å². The van der Waals surface area contributed by atoms with E-state index in [1.54, 1.807) is 17.5 Å².